The van der Waals surface area contributed by atoms with Gasteiger partial charge < -0.3 is 10.0 Å². The van der Waals surface area contributed by atoms with Crippen molar-refractivity contribution in [2.24, 2.45) is 0 Å². The molecule has 0 aromatic carbocycles. The van der Waals surface area contributed by atoms with Gasteiger partial charge in [-0.2, -0.15) is 15.4 Å². The van der Waals surface area contributed by atoms with Gasteiger partial charge in [-0.15, -0.1) is 11.8 Å². The number of nitrogens with zero attached hydrogens (tertiary/aromatic N) is 3. The van der Waals surface area contributed by atoms with Gasteiger partial charge in [0.25, 0.3) is 5.91 Å². The van der Waals surface area contributed by atoms with Gasteiger partial charge in [0.15, 0.2) is 5.69 Å². The normalized spacial score (nSPS) is 23.9. The van der Waals surface area contributed by atoms with E-state index in [0.717, 1.165) is 0 Å². The van der Waals surface area contributed by atoms with Gasteiger partial charge in [-0.05, 0) is 6.42 Å². The molecule has 17 heavy (non-hydrogen) atoms. The molecular formula is C9H12N4O3S. The number of carbonyl (C=O) groups is 2. The molecule has 0 saturated carbocycles. The van der Waals surface area contributed by atoms with Crippen molar-refractivity contribution in [1.82, 2.24) is 20.3 Å². The Labute approximate surface area is 102 Å². The van der Waals surface area contributed by atoms with E-state index in [1.807, 2.05) is 6.92 Å². The molecule has 0 radical (unpaired) electrons. The lowest BCUT2D eigenvalue weighted by molar-refractivity contribution is -0.141. The monoisotopic (exact) mass is 256 g/mol. The van der Waals surface area contributed by atoms with Gasteiger partial charge >= 0.3 is 5.97 Å². The SMILES string of the molecule is CCC1SCC(C(=O)O)N1C(=O)c1cn[nH]n1. The molecule has 92 valence electrons. The standard InChI is InChI=1S/C9H12N4O3S/c1-2-7-13(6(4-17-7)9(15)16)8(14)5-3-10-12-11-5/h3,6-7H,2,4H2,1H3,(H,15,16)(H,10,11,12). The zero-order valence-electron chi connectivity index (χ0n) is 9.16. The first-order valence-electron chi connectivity index (χ1n) is 5.18. The smallest absolute Gasteiger partial charge is 0.327 e. The lowest BCUT2D eigenvalue weighted by Crippen LogP contribution is -2.45. The first-order chi connectivity index (χ1) is 8.15. The molecule has 1 aromatic heterocycles. The highest BCUT2D eigenvalue weighted by Gasteiger charge is 2.41. The van der Waals surface area contributed by atoms with E-state index < -0.39 is 12.0 Å². The Morgan fingerprint density at radius 2 is 2.47 bits per heavy atom. The van der Waals surface area contributed by atoms with Crippen LogP contribution in [0.4, 0.5) is 0 Å². The van der Waals surface area contributed by atoms with Crippen molar-refractivity contribution in [3.8, 4) is 0 Å². The lowest BCUT2D eigenvalue weighted by Gasteiger charge is -2.25. The number of amides is 1. The van der Waals surface area contributed by atoms with Crippen LogP contribution in [0.1, 0.15) is 23.8 Å². The topological polar surface area (TPSA) is 99.2 Å². The van der Waals surface area contributed by atoms with E-state index in [9.17, 15) is 9.59 Å². The number of hydrogen-bond acceptors (Lipinski definition) is 5. The largest absolute Gasteiger partial charge is 0.480 e. The molecule has 1 amide bonds. The maximum absolute atomic E-state index is 12.1. The van der Waals surface area contributed by atoms with E-state index >= 15 is 0 Å². The highest BCUT2D eigenvalue weighted by Crippen LogP contribution is 2.32. The van der Waals surface area contributed by atoms with Gasteiger partial charge in [0.05, 0.1) is 11.6 Å². The van der Waals surface area contributed by atoms with Crippen molar-refractivity contribution in [3.63, 3.8) is 0 Å². The van der Waals surface area contributed by atoms with E-state index in [4.69, 9.17) is 5.11 Å². The molecule has 1 aliphatic rings. The summed E-state index contributed by atoms with van der Waals surface area (Å²) in [6, 6.07) is -0.783. The van der Waals surface area contributed by atoms with Crippen molar-refractivity contribution in [1.29, 1.82) is 0 Å². The van der Waals surface area contributed by atoms with E-state index in [0.29, 0.717) is 12.2 Å². The molecular weight excluding hydrogens is 244 g/mol. The Hall–Kier alpha value is -1.57. The van der Waals surface area contributed by atoms with E-state index in [1.165, 1.54) is 22.9 Å². The maximum atomic E-state index is 12.1. The molecule has 1 aliphatic heterocycles. The fourth-order valence-electron chi connectivity index (χ4n) is 1.78. The number of thioether (sulfide) groups is 1. The zero-order valence-corrected chi connectivity index (χ0v) is 9.98. The van der Waals surface area contributed by atoms with Crippen LogP contribution in [0.15, 0.2) is 6.20 Å². The van der Waals surface area contributed by atoms with Crippen LogP contribution < -0.4 is 0 Å². The predicted molar refractivity (Wildman–Crippen MR) is 60.5 cm³/mol. The Bertz CT molecular complexity index is 422. The molecule has 7 nitrogen and oxygen atoms in total. The van der Waals surface area contributed by atoms with Crippen molar-refractivity contribution >= 4 is 23.6 Å². The predicted octanol–water partition coefficient (Wildman–Crippen LogP) is 0.183. The number of aromatic amines is 1. The first kappa shape index (κ1) is 11.9. The zero-order chi connectivity index (χ0) is 12.4. The van der Waals surface area contributed by atoms with Gasteiger partial charge in [-0.25, -0.2) is 4.79 Å². The Balaban J connectivity index is 2.25. The molecule has 0 spiro atoms. The molecule has 1 saturated heterocycles. The van der Waals surface area contributed by atoms with Crippen LogP contribution in [0, 0.1) is 0 Å². The van der Waals surface area contributed by atoms with Crippen molar-refractivity contribution in [3.05, 3.63) is 11.9 Å². The molecule has 2 atom stereocenters. The van der Waals surface area contributed by atoms with Crippen molar-refractivity contribution in [2.75, 3.05) is 5.75 Å². The van der Waals surface area contributed by atoms with E-state index in [1.54, 1.807) is 0 Å². The molecule has 2 unspecified atom stereocenters. The molecule has 2 N–H and O–H groups in total. The third-order valence-electron chi connectivity index (χ3n) is 2.60. The summed E-state index contributed by atoms with van der Waals surface area (Å²) in [6.07, 6.45) is 2.01. The summed E-state index contributed by atoms with van der Waals surface area (Å²) in [5.41, 5.74) is 0.150. The fraction of sp³-hybridized carbons (Fsp3) is 0.556. The van der Waals surface area contributed by atoms with Crippen LogP contribution in [0.25, 0.3) is 0 Å². The number of carboxylic acids is 1. The van der Waals surface area contributed by atoms with Gasteiger partial charge in [-0.1, -0.05) is 6.92 Å². The molecule has 1 aromatic rings. The van der Waals surface area contributed by atoms with E-state index in [-0.39, 0.29) is 17.0 Å². The number of rotatable bonds is 3. The number of carbonyl (C=O) groups excluding carboxylic acids is 1. The summed E-state index contributed by atoms with van der Waals surface area (Å²) < 4.78 is 0. The number of carboxylic acid groups (broad SMARTS) is 1. The van der Waals surface area contributed by atoms with Gasteiger partial charge in [0.2, 0.25) is 0 Å². The molecule has 8 heteroatoms. The summed E-state index contributed by atoms with van der Waals surface area (Å²) in [5.74, 6) is -0.953. The van der Waals surface area contributed by atoms with E-state index in [2.05, 4.69) is 15.4 Å². The van der Waals surface area contributed by atoms with Crippen LogP contribution in [0.2, 0.25) is 0 Å². The fourth-order valence-corrected chi connectivity index (χ4v) is 3.12. The number of aromatic nitrogens is 3. The molecule has 1 fully saturated rings. The second kappa shape index (κ2) is 4.74. The van der Waals surface area contributed by atoms with Crippen LogP contribution in [0.5, 0.6) is 0 Å². The summed E-state index contributed by atoms with van der Waals surface area (Å²) in [5, 5.41) is 18.6. The quantitative estimate of drug-likeness (QED) is 0.800. The summed E-state index contributed by atoms with van der Waals surface area (Å²) in [7, 11) is 0. The van der Waals surface area contributed by atoms with Crippen LogP contribution >= 0.6 is 11.8 Å². The molecule has 0 bridgehead atoms. The second-order valence-electron chi connectivity index (χ2n) is 3.62. The minimum absolute atomic E-state index is 0.111. The maximum Gasteiger partial charge on any atom is 0.327 e. The highest BCUT2D eigenvalue weighted by atomic mass is 32.2. The van der Waals surface area contributed by atoms with Gasteiger partial charge in [-0.3, -0.25) is 4.79 Å². The second-order valence-corrected chi connectivity index (χ2v) is 4.83. The summed E-state index contributed by atoms with van der Waals surface area (Å²) >= 11 is 1.48. The Kier molecular flexibility index (Phi) is 3.32. The lowest BCUT2D eigenvalue weighted by atomic mass is 10.2. The van der Waals surface area contributed by atoms with Crippen LogP contribution in [-0.2, 0) is 4.79 Å². The third kappa shape index (κ3) is 2.12. The average molecular weight is 256 g/mol. The average Bonchev–Trinajstić information content (AvgIpc) is 2.96. The first-order valence-corrected chi connectivity index (χ1v) is 6.22. The summed E-state index contributed by atoms with van der Waals surface area (Å²) in [4.78, 5) is 24.6. The molecule has 0 aliphatic carbocycles. The van der Waals surface area contributed by atoms with Crippen molar-refractivity contribution < 1.29 is 14.7 Å². The minimum Gasteiger partial charge on any atom is -0.480 e. The number of H-pyrrole nitrogens is 1. The number of hydrogen-bond donors (Lipinski definition) is 2. The number of aliphatic carboxylic acids is 1. The van der Waals surface area contributed by atoms with Gasteiger partial charge in [0, 0.05) is 5.75 Å². The third-order valence-corrected chi connectivity index (χ3v) is 4.05. The Morgan fingerprint density at radius 3 is 3.00 bits per heavy atom. The van der Waals surface area contributed by atoms with Gasteiger partial charge in [0.1, 0.15) is 6.04 Å². The van der Waals surface area contributed by atoms with Crippen LogP contribution in [0.3, 0.4) is 0 Å². The van der Waals surface area contributed by atoms with Crippen LogP contribution in [-0.4, -0.2) is 54.5 Å². The summed E-state index contributed by atoms with van der Waals surface area (Å²) in [6.45, 7) is 1.92. The highest BCUT2D eigenvalue weighted by molar-refractivity contribution is 8.00. The Morgan fingerprint density at radius 1 is 1.71 bits per heavy atom. The minimum atomic E-state index is -0.981. The number of nitrogens with one attached hydrogen (secondary N) is 1. The molecule has 2 rings (SSSR count). The molecule has 2 heterocycles. The van der Waals surface area contributed by atoms with Crippen molar-refractivity contribution in [2.45, 2.75) is 24.8 Å².